The predicted octanol–water partition coefficient (Wildman–Crippen LogP) is 4.48. The summed E-state index contributed by atoms with van der Waals surface area (Å²) in [7, 11) is -1.08. The molecule has 0 bridgehead atoms. The Morgan fingerprint density at radius 1 is 1.09 bits per heavy atom. The molecule has 164 valence electrons. The molecule has 1 aliphatic heterocycles. The van der Waals surface area contributed by atoms with Crippen LogP contribution in [0, 0.1) is 13.8 Å². The van der Waals surface area contributed by atoms with Gasteiger partial charge >= 0.3 is 7.12 Å². The number of benzene rings is 3. The lowest BCUT2D eigenvalue weighted by Crippen LogP contribution is -2.37. The van der Waals surface area contributed by atoms with Crippen molar-refractivity contribution in [1.82, 2.24) is 0 Å². The van der Waals surface area contributed by atoms with Gasteiger partial charge in [-0.2, -0.15) is 0 Å². The van der Waals surface area contributed by atoms with E-state index in [-0.39, 0.29) is 5.43 Å². The molecule has 0 aliphatic carbocycles. The van der Waals surface area contributed by atoms with Crippen LogP contribution in [0.3, 0.4) is 0 Å². The van der Waals surface area contributed by atoms with E-state index < -0.39 is 7.12 Å². The van der Waals surface area contributed by atoms with Crippen LogP contribution in [-0.2, 0) is 11.2 Å². The molecule has 5 rings (SSSR count). The maximum absolute atomic E-state index is 13.2. The highest BCUT2D eigenvalue weighted by atomic mass is 16.6. The number of rotatable bonds is 4. The van der Waals surface area contributed by atoms with Gasteiger partial charge in [0.15, 0.2) is 5.43 Å². The Hall–Kier alpha value is -3.84. The standard InChI is InChI=1S/C26H22BNO5/c1-4-21-16(3)25(29)24-23(31-21)12-9-15(2)26(24)32-22-8-6-5-7-19(22)17-10-11-20-18(13-17)14-28-33-27(20)30/h5-14,30H,4H2,1-3H3. The summed E-state index contributed by atoms with van der Waals surface area (Å²) in [4.78, 5) is 13.2. The molecule has 6 nitrogen and oxygen atoms in total. The van der Waals surface area contributed by atoms with Gasteiger partial charge in [-0.15, -0.1) is 5.16 Å². The first-order valence-corrected chi connectivity index (χ1v) is 10.8. The second-order valence-corrected chi connectivity index (χ2v) is 8.05. The molecule has 0 atom stereocenters. The van der Waals surface area contributed by atoms with E-state index in [4.69, 9.17) is 13.9 Å². The van der Waals surface area contributed by atoms with Crippen molar-refractivity contribution in [3.8, 4) is 22.6 Å². The van der Waals surface area contributed by atoms with E-state index in [2.05, 4.69) is 5.16 Å². The van der Waals surface area contributed by atoms with E-state index in [9.17, 15) is 9.82 Å². The molecule has 0 unspecified atom stereocenters. The fraction of sp³-hybridized carbons (Fsp3) is 0.154. The number of ether oxygens (including phenoxy) is 1. The Kier molecular flexibility index (Phi) is 5.26. The zero-order valence-corrected chi connectivity index (χ0v) is 18.6. The molecule has 4 aromatic rings. The first-order valence-electron chi connectivity index (χ1n) is 10.8. The Morgan fingerprint density at radius 2 is 1.91 bits per heavy atom. The third kappa shape index (κ3) is 3.60. The van der Waals surface area contributed by atoms with Crippen molar-refractivity contribution in [1.29, 1.82) is 0 Å². The zero-order valence-electron chi connectivity index (χ0n) is 18.6. The largest absolute Gasteiger partial charge is 0.583 e. The normalized spacial score (nSPS) is 12.5. The van der Waals surface area contributed by atoms with Crippen LogP contribution in [0.15, 0.2) is 69.0 Å². The van der Waals surface area contributed by atoms with Crippen LogP contribution < -0.4 is 15.6 Å². The molecule has 0 radical (unpaired) electrons. The van der Waals surface area contributed by atoms with Gasteiger partial charge in [-0.3, -0.25) is 4.79 Å². The van der Waals surface area contributed by atoms with E-state index in [0.717, 1.165) is 22.3 Å². The first-order chi connectivity index (χ1) is 16.0. The molecule has 1 aromatic heterocycles. The average Bonchev–Trinajstić information content (AvgIpc) is 2.83. The van der Waals surface area contributed by atoms with Crippen molar-refractivity contribution in [2.24, 2.45) is 5.16 Å². The van der Waals surface area contributed by atoms with Gasteiger partial charge in [0.05, 0.1) is 6.21 Å². The molecule has 0 amide bonds. The lowest BCUT2D eigenvalue weighted by Gasteiger charge is -2.17. The van der Waals surface area contributed by atoms with Crippen LogP contribution in [0.25, 0.3) is 22.1 Å². The summed E-state index contributed by atoms with van der Waals surface area (Å²) in [6, 6.07) is 17.0. The van der Waals surface area contributed by atoms with Gasteiger partial charge in [0.2, 0.25) is 0 Å². The quantitative estimate of drug-likeness (QED) is 0.474. The van der Waals surface area contributed by atoms with Gasteiger partial charge in [-0.1, -0.05) is 43.3 Å². The van der Waals surface area contributed by atoms with E-state index in [0.29, 0.717) is 45.7 Å². The summed E-state index contributed by atoms with van der Waals surface area (Å²) in [5, 5.41) is 14.2. The summed E-state index contributed by atoms with van der Waals surface area (Å²) in [6.07, 6.45) is 2.22. The number of hydrogen-bond acceptors (Lipinski definition) is 6. The number of aryl methyl sites for hydroxylation is 2. The van der Waals surface area contributed by atoms with Crippen molar-refractivity contribution >= 4 is 29.8 Å². The SMILES string of the molecule is CCc1oc2ccc(C)c(Oc3ccccc3-c3ccc4c(c3)C=NOB4O)c2c(=O)c1C. The van der Waals surface area contributed by atoms with Crippen LogP contribution in [0.5, 0.6) is 11.5 Å². The van der Waals surface area contributed by atoms with Gasteiger partial charge in [0.25, 0.3) is 0 Å². The minimum absolute atomic E-state index is 0.0803. The topological polar surface area (TPSA) is 81.3 Å². The van der Waals surface area contributed by atoms with Crippen LogP contribution >= 0.6 is 0 Å². The van der Waals surface area contributed by atoms with Crippen LogP contribution in [-0.4, -0.2) is 18.4 Å². The van der Waals surface area contributed by atoms with Gasteiger partial charge in [0.1, 0.15) is 28.2 Å². The molecule has 7 heteroatoms. The molecule has 0 fully saturated rings. The average molecular weight is 439 g/mol. The smallest absolute Gasteiger partial charge is 0.460 e. The van der Waals surface area contributed by atoms with Crippen molar-refractivity contribution < 1.29 is 18.9 Å². The number of hydrogen-bond donors (Lipinski definition) is 1. The lowest BCUT2D eigenvalue weighted by molar-refractivity contribution is 0.286. The highest BCUT2D eigenvalue weighted by molar-refractivity contribution is 6.62. The maximum Gasteiger partial charge on any atom is 0.583 e. The molecular weight excluding hydrogens is 417 g/mol. The molecule has 3 aromatic carbocycles. The monoisotopic (exact) mass is 439 g/mol. The zero-order chi connectivity index (χ0) is 23.1. The Balaban J connectivity index is 1.65. The molecule has 0 saturated carbocycles. The number of oxime groups is 1. The third-order valence-corrected chi connectivity index (χ3v) is 5.97. The molecule has 33 heavy (non-hydrogen) atoms. The predicted molar refractivity (Wildman–Crippen MR) is 130 cm³/mol. The minimum Gasteiger partial charge on any atom is -0.460 e. The van der Waals surface area contributed by atoms with E-state index in [1.807, 2.05) is 68.4 Å². The van der Waals surface area contributed by atoms with Crippen molar-refractivity contribution in [3.63, 3.8) is 0 Å². The van der Waals surface area contributed by atoms with Crippen LogP contribution in [0.4, 0.5) is 0 Å². The van der Waals surface area contributed by atoms with Gasteiger partial charge in [-0.25, -0.2) is 0 Å². The van der Waals surface area contributed by atoms with Crippen LogP contribution in [0.1, 0.15) is 29.4 Å². The number of fused-ring (bicyclic) bond motifs is 2. The Morgan fingerprint density at radius 3 is 2.73 bits per heavy atom. The second-order valence-electron chi connectivity index (χ2n) is 8.05. The first kappa shape index (κ1) is 21.0. The summed E-state index contributed by atoms with van der Waals surface area (Å²) in [5.74, 6) is 1.78. The summed E-state index contributed by atoms with van der Waals surface area (Å²) < 4.78 is 17.3. The van der Waals surface area contributed by atoms with Crippen molar-refractivity contribution in [2.45, 2.75) is 27.2 Å². The van der Waals surface area contributed by atoms with E-state index in [1.54, 1.807) is 13.1 Å². The van der Waals surface area contributed by atoms with Gasteiger partial charge in [-0.05, 0) is 48.7 Å². The third-order valence-electron chi connectivity index (χ3n) is 5.97. The Labute approximate surface area is 191 Å². The van der Waals surface area contributed by atoms with E-state index >= 15 is 0 Å². The Bertz CT molecular complexity index is 1470. The number of nitrogens with zero attached hydrogens (tertiary/aromatic N) is 1. The highest BCUT2D eigenvalue weighted by Gasteiger charge is 2.25. The maximum atomic E-state index is 13.2. The van der Waals surface area contributed by atoms with Crippen molar-refractivity contribution in [3.05, 3.63) is 87.3 Å². The number of para-hydroxylation sites is 1. The highest BCUT2D eigenvalue weighted by Crippen LogP contribution is 2.37. The molecule has 1 N–H and O–H groups in total. The fourth-order valence-corrected chi connectivity index (χ4v) is 4.15. The van der Waals surface area contributed by atoms with Crippen LogP contribution in [0.2, 0.25) is 0 Å². The minimum atomic E-state index is -1.08. The molecule has 1 aliphatic rings. The molecular formula is C26H22BNO5. The van der Waals surface area contributed by atoms with Gasteiger partial charge < -0.3 is 18.9 Å². The molecule has 0 saturated heterocycles. The molecule has 0 spiro atoms. The fourth-order valence-electron chi connectivity index (χ4n) is 4.15. The van der Waals surface area contributed by atoms with Gasteiger partial charge in [0, 0.05) is 23.0 Å². The lowest BCUT2D eigenvalue weighted by atomic mass is 9.75. The summed E-state index contributed by atoms with van der Waals surface area (Å²) in [5.41, 5.74) is 5.02. The summed E-state index contributed by atoms with van der Waals surface area (Å²) in [6.45, 7) is 5.67. The summed E-state index contributed by atoms with van der Waals surface area (Å²) >= 11 is 0. The van der Waals surface area contributed by atoms with Crippen molar-refractivity contribution in [2.75, 3.05) is 0 Å². The second kappa shape index (κ2) is 8.26. The van der Waals surface area contributed by atoms with E-state index in [1.165, 1.54) is 0 Å². The molecule has 2 heterocycles.